The first kappa shape index (κ1) is 14.6. The molecule has 1 aliphatic rings. The highest BCUT2D eigenvalue weighted by Crippen LogP contribution is 2.32. The molecule has 1 aliphatic carbocycles. The number of carbonyl (C=O) groups excluding carboxylic acids is 1. The maximum atomic E-state index is 12.2. The van der Waals surface area contributed by atoms with E-state index in [4.69, 9.17) is 0 Å². The summed E-state index contributed by atoms with van der Waals surface area (Å²) in [6.45, 7) is 4.86. The number of hydrogen-bond donors (Lipinski definition) is 1. The third-order valence-electron chi connectivity index (χ3n) is 4.17. The minimum Gasteiger partial charge on any atom is -0.352 e. The van der Waals surface area contributed by atoms with Gasteiger partial charge in [-0.25, -0.2) is 0 Å². The van der Waals surface area contributed by atoms with Crippen molar-refractivity contribution in [3.63, 3.8) is 0 Å². The molecule has 3 heteroatoms. The third kappa shape index (κ3) is 3.59. The lowest BCUT2D eigenvalue weighted by Crippen LogP contribution is -2.31. The molecule has 0 heterocycles. The molecule has 0 radical (unpaired) electrons. The Labute approximate surface area is 124 Å². The van der Waals surface area contributed by atoms with Crippen molar-refractivity contribution in [2.45, 2.75) is 33.1 Å². The fourth-order valence-electron chi connectivity index (χ4n) is 2.97. The van der Waals surface area contributed by atoms with Crippen molar-refractivity contribution in [3.8, 4) is 0 Å². The number of benzene rings is 1. The van der Waals surface area contributed by atoms with E-state index in [0.717, 1.165) is 28.9 Å². The molecule has 2 rings (SSSR count). The van der Waals surface area contributed by atoms with Crippen LogP contribution in [0.3, 0.4) is 0 Å². The van der Waals surface area contributed by atoms with Crippen LogP contribution < -0.4 is 5.32 Å². The summed E-state index contributed by atoms with van der Waals surface area (Å²) in [5.41, 5.74) is 3.06. The van der Waals surface area contributed by atoms with Crippen LogP contribution in [0.4, 0.5) is 0 Å². The molecule has 0 aliphatic heterocycles. The first-order valence-corrected chi connectivity index (χ1v) is 8.15. The first-order valence-electron chi connectivity index (χ1n) is 7.03. The number of nitrogens with one attached hydrogen (secondary N) is 1. The summed E-state index contributed by atoms with van der Waals surface area (Å²) >= 11 is 3.58. The Morgan fingerprint density at radius 2 is 2.05 bits per heavy atom. The normalized spacial score (nSPS) is 22.5. The van der Waals surface area contributed by atoms with E-state index in [0.29, 0.717) is 5.92 Å². The zero-order chi connectivity index (χ0) is 13.8. The number of carbonyl (C=O) groups is 1. The number of hydrogen-bond acceptors (Lipinski definition) is 1. The minimum atomic E-state index is 0.0673. The molecule has 104 valence electrons. The van der Waals surface area contributed by atoms with Gasteiger partial charge in [-0.15, -0.1) is 0 Å². The molecule has 19 heavy (non-hydrogen) atoms. The van der Waals surface area contributed by atoms with Crippen molar-refractivity contribution in [1.82, 2.24) is 5.32 Å². The highest BCUT2D eigenvalue weighted by molar-refractivity contribution is 9.09. The van der Waals surface area contributed by atoms with Gasteiger partial charge in [0.25, 0.3) is 5.91 Å². The zero-order valence-corrected chi connectivity index (χ0v) is 13.3. The van der Waals surface area contributed by atoms with Crippen LogP contribution in [0.15, 0.2) is 18.2 Å². The van der Waals surface area contributed by atoms with Gasteiger partial charge in [-0.2, -0.15) is 0 Å². The molecule has 0 saturated heterocycles. The van der Waals surface area contributed by atoms with Crippen LogP contribution >= 0.6 is 15.9 Å². The Balaban J connectivity index is 1.94. The van der Waals surface area contributed by atoms with Gasteiger partial charge in [0, 0.05) is 17.4 Å². The molecule has 2 atom stereocenters. The molecular weight excluding hydrogens is 302 g/mol. The van der Waals surface area contributed by atoms with Crippen LogP contribution in [0, 0.1) is 25.7 Å². The van der Waals surface area contributed by atoms with Gasteiger partial charge in [0.2, 0.25) is 0 Å². The largest absolute Gasteiger partial charge is 0.352 e. The molecule has 0 bridgehead atoms. The lowest BCUT2D eigenvalue weighted by molar-refractivity contribution is 0.0944. The first-order chi connectivity index (χ1) is 9.11. The maximum absolute atomic E-state index is 12.2. The SMILES string of the molecule is Cc1ccc(C(=O)NCC2CCCC2CBr)c(C)c1. The highest BCUT2D eigenvalue weighted by atomic mass is 79.9. The zero-order valence-electron chi connectivity index (χ0n) is 11.7. The number of amides is 1. The van der Waals surface area contributed by atoms with Gasteiger partial charge < -0.3 is 5.32 Å². The summed E-state index contributed by atoms with van der Waals surface area (Å²) in [6.07, 6.45) is 3.82. The molecule has 0 aromatic heterocycles. The van der Waals surface area contributed by atoms with Gasteiger partial charge in [-0.1, -0.05) is 40.0 Å². The van der Waals surface area contributed by atoms with E-state index in [-0.39, 0.29) is 5.91 Å². The van der Waals surface area contributed by atoms with Crippen molar-refractivity contribution in [1.29, 1.82) is 0 Å². The topological polar surface area (TPSA) is 29.1 Å². The summed E-state index contributed by atoms with van der Waals surface area (Å²) in [5, 5.41) is 4.16. The summed E-state index contributed by atoms with van der Waals surface area (Å²) in [6, 6.07) is 5.99. The van der Waals surface area contributed by atoms with E-state index in [2.05, 4.69) is 27.3 Å². The monoisotopic (exact) mass is 323 g/mol. The average molecular weight is 324 g/mol. The quantitative estimate of drug-likeness (QED) is 0.838. The standard InChI is InChI=1S/C16H22BrNO/c1-11-6-7-15(12(2)8-11)16(19)18-10-14-5-3-4-13(14)9-17/h6-8,13-14H,3-5,9-10H2,1-2H3,(H,18,19). The molecule has 1 saturated carbocycles. The number of alkyl halides is 1. The van der Waals surface area contributed by atoms with Crippen molar-refractivity contribution < 1.29 is 4.79 Å². The Hall–Kier alpha value is -0.830. The second kappa shape index (κ2) is 6.56. The van der Waals surface area contributed by atoms with Crippen LogP contribution in [0.1, 0.15) is 40.7 Å². The summed E-state index contributed by atoms with van der Waals surface area (Å²) < 4.78 is 0. The van der Waals surface area contributed by atoms with E-state index in [1.807, 2.05) is 26.0 Å². The van der Waals surface area contributed by atoms with E-state index >= 15 is 0 Å². The van der Waals surface area contributed by atoms with E-state index in [1.165, 1.54) is 24.8 Å². The van der Waals surface area contributed by atoms with E-state index in [9.17, 15) is 4.79 Å². The number of halogens is 1. The number of rotatable bonds is 4. The fraction of sp³-hybridized carbons (Fsp3) is 0.562. The fourth-order valence-corrected chi connectivity index (χ4v) is 3.83. The van der Waals surface area contributed by atoms with Crippen LogP contribution in [0.5, 0.6) is 0 Å². The average Bonchev–Trinajstić information content (AvgIpc) is 2.83. The van der Waals surface area contributed by atoms with Gasteiger partial charge in [0.15, 0.2) is 0 Å². The van der Waals surface area contributed by atoms with Crippen LogP contribution in [-0.2, 0) is 0 Å². The second-order valence-corrected chi connectivity index (χ2v) is 6.28. The Morgan fingerprint density at radius 1 is 1.32 bits per heavy atom. The molecule has 1 amide bonds. The lowest BCUT2D eigenvalue weighted by Gasteiger charge is -2.18. The van der Waals surface area contributed by atoms with Gasteiger partial charge in [-0.05, 0) is 50.2 Å². The molecule has 2 nitrogen and oxygen atoms in total. The lowest BCUT2D eigenvalue weighted by atomic mass is 9.98. The van der Waals surface area contributed by atoms with Gasteiger partial charge in [0.1, 0.15) is 0 Å². The smallest absolute Gasteiger partial charge is 0.251 e. The molecule has 1 aromatic rings. The molecular formula is C16H22BrNO. The van der Waals surface area contributed by atoms with Crippen LogP contribution in [0.2, 0.25) is 0 Å². The van der Waals surface area contributed by atoms with Gasteiger partial charge in [-0.3, -0.25) is 4.79 Å². The number of aryl methyl sites for hydroxylation is 2. The summed E-state index contributed by atoms with van der Waals surface area (Å²) in [5.74, 6) is 1.42. The predicted molar refractivity (Wildman–Crippen MR) is 82.9 cm³/mol. The van der Waals surface area contributed by atoms with Crippen molar-refractivity contribution in [2.24, 2.45) is 11.8 Å². The van der Waals surface area contributed by atoms with Crippen LogP contribution in [-0.4, -0.2) is 17.8 Å². The second-order valence-electron chi connectivity index (χ2n) is 5.63. The van der Waals surface area contributed by atoms with Gasteiger partial charge in [0.05, 0.1) is 0 Å². The Kier molecular flexibility index (Phi) is 5.03. The molecule has 1 aromatic carbocycles. The highest BCUT2D eigenvalue weighted by Gasteiger charge is 2.26. The summed E-state index contributed by atoms with van der Waals surface area (Å²) in [4.78, 5) is 12.2. The summed E-state index contributed by atoms with van der Waals surface area (Å²) in [7, 11) is 0. The van der Waals surface area contributed by atoms with Gasteiger partial charge >= 0.3 is 0 Å². The predicted octanol–water partition coefficient (Wildman–Crippen LogP) is 3.84. The molecule has 1 N–H and O–H groups in total. The minimum absolute atomic E-state index is 0.0673. The van der Waals surface area contributed by atoms with E-state index in [1.54, 1.807) is 0 Å². The molecule has 2 unspecified atom stereocenters. The van der Waals surface area contributed by atoms with Crippen molar-refractivity contribution in [2.75, 3.05) is 11.9 Å². The third-order valence-corrected chi connectivity index (χ3v) is 5.00. The molecule has 1 fully saturated rings. The van der Waals surface area contributed by atoms with Crippen molar-refractivity contribution >= 4 is 21.8 Å². The maximum Gasteiger partial charge on any atom is 0.251 e. The van der Waals surface area contributed by atoms with Crippen LogP contribution in [0.25, 0.3) is 0 Å². The Morgan fingerprint density at radius 3 is 2.74 bits per heavy atom. The van der Waals surface area contributed by atoms with E-state index < -0.39 is 0 Å². The van der Waals surface area contributed by atoms with Crippen molar-refractivity contribution in [3.05, 3.63) is 34.9 Å². The Bertz CT molecular complexity index is 458. The molecule has 0 spiro atoms.